The van der Waals surface area contributed by atoms with Crippen LogP contribution >= 0.6 is 11.3 Å². The van der Waals surface area contributed by atoms with E-state index in [0.717, 1.165) is 16.5 Å². The van der Waals surface area contributed by atoms with Crippen LogP contribution in [0, 0.1) is 21.4 Å². The van der Waals surface area contributed by atoms with Crippen molar-refractivity contribution in [3.63, 3.8) is 0 Å². The fourth-order valence-corrected chi connectivity index (χ4v) is 3.75. The first-order valence-corrected chi connectivity index (χ1v) is 9.59. The molecule has 1 heterocycles. The highest BCUT2D eigenvalue weighted by atomic mass is 32.1. The lowest BCUT2D eigenvalue weighted by molar-refractivity contribution is -0.384. The average molecular weight is 398 g/mol. The number of benzene rings is 3. The zero-order valence-corrected chi connectivity index (χ0v) is 15.9. The number of rotatable bonds is 5. The molecule has 4 rings (SSSR count). The number of aromatic nitrogens is 1. The quantitative estimate of drug-likeness (QED) is 0.259. The van der Waals surface area contributed by atoms with Crippen LogP contribution in [-0.2, 0) is 0 Å². The Labute approximate surface area is 170 Å². The molecule has 0 bridgehead atoms. The third kappa shape index (κ3) is 3.83. The van der Waals surface area contributed by atoms with Gasteiger partial charge >= 0.3 is 0 Å². The van der Waals surface area contributed by atoms with Crippen LogP contribution in [0.2, 0.25) is 0 Å². The van der Waals surface area contributed by atoms with E-state index < -0.39 is 4.92 Å². The zero-order valence-electron chi connectivity index (χ0n) is 15.1. The van der Waals surface area contributed by atoms with Crippen molar-refractivity contribution in [2.24, 2.45) is 0 Å². The van der Waals surface area contributed by atoms with Crippen LogP contribution in [0.4, 0.5) is 11.4 Å². The van der Waals surface area contributed by atoms with Gasteiger partial charge in [0.2, 0.25) is 0 Å². The molecule has 1 aromatic heterocycles. The van der Waals surface area contributed by atoms with E-state index in [-0.39, 0.29) is 5.69 Å². The lowest BCUT2D eigenvalue weighted by Crippen LogP contribution is -1.92. The molecule has 0 fully saturated rings. The molecule has 0 aliphatic rings. The third-order valence-electron chi connectivity index (χ3n) is 4.37. The van der Waals surface area contributed by atoms with Crippen molar-refractivity contribution in [2.75, 3.05) is 5.32 Å². The Kier molecular flexibility index (Phi) is 5.01. The smallest absolute Gasteiger partial charge is 0.270 e. The van der Waals surface area contributed by atoms with Gasteiger partial charge in [-0.2, -0.15) is 5.26 Å². The van der Waals surface area contributed by atoms with Crippen molar-refractivity contribution in [1.82, 2.24) is 4.98 Å². The molecule has 140 valence electrons. The fourth-order valence-electron chi connectivity index (χ4n) is 2.95. The minimum atomic E-state index is -0.439. The summed E-state index contributed by atoms with van der Waals surface area (Å²) >= 11 is 1.32. The van der Waals surface area contributed by atoms with Gasteiger partial charge in [-0.25, -0.2) is 4.98 Å². The summed E-state index contributed by atoms with van der Waals surface area (Å²) in [4.78, 5) is 15.0. The number of nitro groups is 1. The molecule has 3 aromatic carbocycles. The number of nitrogens with one attached hydrogen (secondary N) is 1. The first-order valence-electron chi connectivity index (χ1n) is 8.71. The highest BCUT2D eigenvalue weighted by Gasteiger charge is 2.12. The van der Waals surface area contributed by atoms with Crippen LogP contribution in [0.3, 0.4) is 0 Å². The summed E-state index contributed by atoms with van der Waals surface area (Å²) in [5, 5.41) is 28.3. The van der Waals surface area contributed by atoms with Crippen molar-refractivity contribution in [2.45, 2.75) is 0 Å². The summed E-state index contributed by atoms with van der Waals surface area (Å²) in [6.45, 7) is 0. The second kappa shape index (κ2) is 7.92. The van der Waals surface area contributed by atoms with E-state index in [2.05, 4.69) is 16.4 Å². The molecule has 4 aromatic rings. The Morgan fingerprint density at radius 2 is 1.93 bits per heavy atom. The average Bonchev–Trinajstić information content (AvgIpc) is 3.24. The van der Waals surface area contributed by atoms with Crippen LogP contribution < -0.4 is 5.32 Å². The van der Waals surface area contributed by atoms with Gasteiger partial charge in [-0.15, -0.1) is 11.3 Å². The zero-order chi connectivity index (χ0) is 20.2. The SMILES string of the molecule is N#C/C(=C\Nc1cccc2ccccc12)c1nc(-c2cccc([N+](=O)[O-])c2)cs1. The first-order chi connectivity index (χ1) is 14.2. The van der Waals surface area contributed by atoms with Gasteiger partial charge in [0.15, 0.2) is 0 Å². The Hall–Kier alpha value is -4.02. The molecule has 6 nitrogen and oxygen atoms in total. The van der Waals surface area contributed by atoms with E-state index in [0.29, 0.717) is 21.8 Å². The van der Waals surface area contributed by atoms with Crippen LogP contribution in [-0.4, -0.2) is 9.91 Å². The monoisotopic (exact) mass is 398 g/mol. The molecule has 0 saturated carbocycles. The minimum Gasteiger partial charge on any atom is -0.360 e. The molecule has 0 spiro atoms. The number of nitrogens with zero attached hydrogens (tertiary/aromatic N) is 3. The summed E-state index contributed by atoms with van der Waals surface area (Å²) in [7, 11) is 0. The Bertz CT molecular complexity index is 1280. The van der Waals surface area contributed by atoms with E-state index in [1.807, 2.05) is 42.5 Å². The van der Waals surface area contributed by atoms with Gasteiger partial charge in [0, 0.05) is 40.3 Å². The lowest BCUT2D eigenvalue weighted by Gasteiger charge is -2.06. The molecule has 7 heteroatoms. The predicted molar refractivity (Wildman–Crippen MR) is 115 cm³/mol. The van der Waals surface area contributed by atoms with Gasteiger partial charge < -0.3 is 5.32 Å². The van der Waals surface area contributed by atoms with Crippen molar-refractivity contribution in [1.29, 1.82) is 5.26 Å². The Morgan fingerprint density at radius 1 is 1.14 bits per heavy atom. The van der Waals surface area contributed by atoms with E-state index in [4.69, 9.17) is 0 Å². The van der Waals surface area contributed by atoms with Crippen molar-refractivity contribution < 1.29 is 4.92 Å². The largest absolute Gasteiger partial charge is 0.360 e. The normalized spacial score (nSPS) is 11.2. The summed E-state index contributed by atoms with van der Waals surface area (Å²) in [6, 6.07) is 22.4. The molecule has 0 unspecified atom stereocenters. The molecule has 0 saturated heterocycles. The first kappa shape index (κ1) is 18.3. The van der Waals surface area contributed by atoms with Crippen molar-refractivity contribution in [3.8, 4) is 17.3 Å². The number of hydrogen-bond donors (Lipinski definition) is 1. The van der Waals surface area contributed by atoms with Gasteiger partial charge in [0.05, 0.1) is 10.6 Å². The third-order valence-corrected chi connectivity index (χ3v) is 5.24. The molecular weight excluding hydrogens is 384 g/mol. The topological polar surface area (TPSA) is 91.8 Å². The Balaban J connectivity index is 1.63. The number of nitro benzene ring substituents is 1. The molecule has 0 aliphatic heterocycles. The molecule has 0 atom stereocenters. The number of anilines is 1. The molecule has 0 radical (unpaired) electrons. The van der Waals surface area contributed by atoms with Gasteiger partial charge in [-0.1, -0.05) is 48.5 Å². The van der Waals surface area contributed by atoms with Crippen LogP contribution in [0.5, 0.6) is 0 Å². The molecular formula is C22H14N4O2S. The van der Waals surface area contributed by atoms with E-state index >= 15 is 0 Å². The summed E-state index contributed by atoms with van der Waals surface area (Å²) in [5.74, 6) is 0. The van der Waals surface area contributed by atoms with Crippen molar-refractivity contribution >= 4 is 39.1 Å². The summed E-state index contributed by atoms with van der Waals surface area (Å²) in [6.07, 6.45) is 1.64. The minimum absolute atomic E-state index is 0.00530. The summed E-state index contributed by atoms with van der Waals surface area (Å²) < 4.78 is 0. The van der Waals surface area contributed by atoms with Crippen LogP contribution in [0.1, 0.15) is 5.01 Å². The van der Waals surface area contributed by atoms with Crippen LogP contribution in [0.15, 0.2) is 78.3 Å². The maximum atomic E-state index is 11.0. The highest BCUT2D eigenvalue weighted by molar-refractivity contribution is 7.11. The second-order valence-corrected chi connectivity index (χ2v) is 7.04. The number of non-ortho nitro benzene ring substituents is 1. The number of hydrogen-bond acceptors (Lipinski definition) is 6. The molecule has 1 N–H and O–H groups in total. The number of allylic oxidation sites excluding steroid dienone is 1. The molecule has 0 amide bonds. The maximum absolute atomic E-state index is 11.0. The summed E-state index contributed by atoms with van der Waals surface area (Å²) in [5.41, 5.74) is 2.53. The fraction of sp³-hybridized carbons (Fsp3) is 0. The number of nitriles is 1. The standard InChI is InChI=1S/C22H14N4O2S/c23-12-17(13-24-20-10-4-6-15-5-1-2-9-19(15)20)22-25-21(14-29-22)16-7-3-8-18(11-16)26(27)28/h1-11,13-14,24H/b17-13+. The molecule has 29 heavy (non-hydrogen) atoms. The molecule has 0 aliphatic carbocycles. The van der Waals surface area contributed by atoms with Gasteiger partial charge in [0.25, 0.3) is 5.69 Å². The predicted octanol–water partition coefficient (Wildman–Crippen LogP) is 5.85. The van der Waals surface area contributed by atoms with Gasteiger partial charge in [0.1, 0.15) is 16.6 Å². The number of thiazole rings is 1. The van der Waals surface area contributed by atoms with Crippen molar-refractivity contribution in [3.05, 3.63) is 93.4 Å². The van der Waals surface area contributed by atoms with E-state index in [1.54, 1.807) is 23.7 Å². The van der Waals surface area contributed by atoms with E-state index in [9.17, 15) is 15.4 Å². The van der Waals surface area contributed by atoms with Gasteiger partial charge in [-0.05, 0) is 11.5 Å². The van der Waals surface area contributed by atoms with E-state index in [1.165, 1.54) is 23.5 Å². The number of fused-ring (bicyclic) bond motifs is 1. The lowest BCUT2D eigenvalue weighted by atomic mass is 10.1. The van der Waals surface area contributed by atoms with Crippen LogP contribution in [0.25, 0.3) is 27.6 Å². The maximum Gasteiger partial charge on any atom is 0.270 e. The van der Waals surface area contributed by atoms with Gasteiger partial charge in [-0.3, -0.25) is 10.1 Å². The highest BCUT2D eigenvalue weighted by Crippen LogP contribution is 2.29. The second-order valence-electron chi connectivity index (χ2n) is 6.19. The Morgan fingerprint density at radius 3 is 2.76 bits per heavy atom.